The minimum atomic E-state index is -4.46. The lowest BCUT2D eigenvalue weighted by molar-refractivity contribution is -0.127. The number of hydrogen-bond acceptors (Lipinski definition) is 7. The van der Waals surface area contributed by atoms with Crippen LogP contribution >= 0.6 is 0 Å². The summed E-state index contributed by atoms with van der Waals surface area (Å²) in [7, 11) is 0. The Hall–Kier alpha value is -2.87. The van der Waals surface area contributed by atoms with Crippen molar-refractivity contribution in [2.24, 2.45) is 17.1 Å². The number of nitrogens with one attached hydrogen (secondary N) is 1. The van der Waals surface area contributed by atoms with Gasteiger partial charge in [0.15, 0.2) is 11.6 Å². The molecule has 0 bridgehead atoms. The summed E-state index contributed by atoms with van der Waals surface area (Å²) in [5, 5.41) is 2.68. The van der Waals surface area contributed by atoms with Gasteiger partial charge < -0.3 is 20.7 Å². The SMILES string of the molecule is CC1([C@H]2COCCN2c2ncnc(NC[C@H]3CCN(CC(N)=O)CC3(F)F)c2F)C=CC(C(F)(F)F)=CC1. The van der Waals surface area contributed by atoms with Crippen LogP contribution in [0.2, 0.25) is 0 Å². The van der Waals surface area contributed by atoms with E-state index in [9.17, 15) is 26.7 Å². The molecule has 210 valence electrons. The van der Waals surface area contributed by atoms with Gasteiger partial charge in [-0.15, -0.1) is 0 Å². The third-order valence-corrected chi connectivity index (χ3v) is 7.39. The number of piperidine rings is 1. The van der Waals surface area contributed by atoms with Gasteiger partial charge in [-0.05, 0) is 19.4 Å². The van der Waals surface area contributed by atoms with Crippen LogP contribution in [0, 0.1) is 17.2 Å². The van der Waals surface area contributed by atoms with Crippen LogP contribution in [0.3, 0.4) is 0 Å². The number of allylic oxidation sites excluding steroid dienone is 3. The summed E-state index contributed by atoms with van der Waals surface area (Å²) in [4.78, 5) is 22.0. The van der Waals surface area contributed by atoms with Crippen LogP contribution in [0.15, 0.2) is 30.1 Å². The molecule has 1 aliphatic carbocycles. The fourth-order valence-corrected chi connectivity index (χ4v) is 5.17. The lowest BCUT2D eigenvalue weighted by Crippen LogP contribution is -2.54. The van der Waals surface area contributed by atoms with E-state index in [4.69, 9.17) is 10.5 Å². The highest BCUT2D eigenvalue weighted by atomic mass is 19.4. The topological polar surface area (TPSA) is 96.6 Å². The largest absolute Gasteiger partial charge is 0.416 e. The monoisotopic (exact) mass is 548 g/mol. The molecule has 1 aromatic heterocycles. The van der Waals surface area contributed by atoms with Gasteiger partial charge in [0.25, 0.3) is 5.92 Å². The molecule has 0 radical (unpaired) electrons. The molecule has 4 rings (SSSR count). The van der Waals surface area contributed by atoms with Gasteiger partial charge in [0, 0.05) is 24.4 Å². The number of nitrogens with two attached hydrogens (primary N) is 1. The normalized spacial score (nSPS) is 28.2. The Labute approximate surface area is 215 Å². The highest BCUT2D eigenvalue weighted by Crippen LogP contribution is 2.42. The summed E-state index contributed by atoms with van der Waals surface area (Å²) in [5.74, 6) is -6.13. The van der Waals surface area contributed by atoms with Gasteiger partial charge in [0.2, 0.25) is 11.7 Å². The molecule has 2 aliphatic heterocycles. The number of likely N-dealkylation sites (tertiary alicyclic amines) is 1. The number of carbonyl (C=O) groups excluding carboxylic acids is 1. The van der Waals surface area contributed by atoms with Gasteiger partial charge in [-0.25, -0.2) is 18.7 Å². The van der Waals surface area contributed by atoms with Crippen molar-refractivity contribution in [3.8, 4) is 0 Å². The average molecular weight is 549 g/mol. The van der Waals surface area contributed by atoms with E-state index in [1.165, 1.54) is 11.0 Å². The number of halogens is 6. The number of morpholine rings is 1. The van der Waals surface area contributed by atoms with E-state index in [0.29, 0.717) is 0 Å². The van der Waals surface area contributed by atoms with Crippen molar-refractivity contribution in [1.29, 1.82) is 0 Å². The van der Waals surface area contributed by atoms with E-state index in [2.05, 4.69) is 15.3 Å². The minimum absolute atomic E-state index is 0.0597. The fourth-order valence-electron chi connectivity index (χ4n) is 5.17. The number of nitrogens with zero attached hydrogens (tertiary/aromatic N) is 4. The molecule has 3 N–H and O–H groups in total. The molecule has 3 heterocycles. The van der Waals surface area contributed by atoms with Gasteiger partial charge in [-0.2, -0.15) is 17.6 Å². The predicted octanol–water partition coefficient (Wildman–Crippen LogP) is 3.13. The first-order chi connectivity index (χ1) is 17.8. The van der Waals surface area contributed by atoms with Gasteiger partial charge in [-0.3, -0.25) is 9.69 Å². The first-order valence-corrected chi connectivity index (χ1v) is 12.2. The molecule has 0 saturated carbocycles. The first kappa shape index (κ1) is 28.1. The molecule has 1 unspecified atom stereocenters. The van der Waals surface area contributed by atoms with Gasteiger partial charge in [0.1, 0.15) is 6.33 Å². The Morgan fingerprint density at radius 1 is 1.29 bits per heavy atom. The van der Waals surface area contributed by atoms with E-state index in [1.54, 1.807) is 11.8 Å². The zero-order valence-corrected chi connectivity index (χ0v) is 20.8. The summed E-state index contributed by atoms with van der Waals surface area (Å²) in [6, 6.07) is -0.533. The van der Waals surface area contributed by atoms with E-state index in [1.807, 2.05) is 0 Å². The van der Waals surface area contributed by atoms with Crippen LogP contribution < -0.4 is 16.0 Å². The van der Waals surface area contributed by atoms with Gasteiger partial charge in [0.05, 0.1) is 37.9 Å². The van der Waals surface area contributed by atoms with Gasteiger partial charge in [-0.1, -0.05) is 25.2 Å². The van der Waals surface area contributed by atoms with Crippen molar-refractivity contribution >= 4 is 17.5 Å². The summed E-state index contributed by atoms with van der Waals surface area (Å²) in [6.45, 7) is 1.48. The zero-order chi connectivity index (χ0) is 27.7. The summed E-state index contributed by atoms with van der Waals surface area (Å²) in [5.41, 5.74) is 3.56. The number of primary amides is 1. The Morgan fingerprint density at radius 2 is 2.05 bits per heavy atom. The molecule has 0 aromatic carbocycles. The maximum absolute atomic E-state index is 15.6. The molecule has 1 aromatic rings. The number of ether oxygens (including phenoxy) is 1. The second-order valence-electron chi connectivity index (χ2n) is 10.1. The van der Waals surface area contributed by atoms with Crippen molar-refractivity contribution in [3.63, 3.8) is 0 Å². The molecule has 0 spiro atoms. The smallest absolute Gasteiger partial charge is 0.377 e. The number of rotatable bonds is 7. The Bertz CT molecular complexity index is 1100. The summed E-state index contributed by atoms with van der Waals surface area (Å²) < 4.78 is 89.8. The van der Waals surface area contributed by atoms with E-state index >= 15 is 4.39 Å². The molecule has 8 nitrogen and oxygen atoms in total. The molecule has 14 heteroatoms. The lowest BCUT2D eigenvalue weighted by atomic mass is 9.74. The summed E-state index contributed by atoms with van der Waals surface area (Å²) >= 11 is 0. The average Bonchev–Trinajstić information content (AvgIpc) is 2.83. The van der Waals surface area contributed by atoms with Crippen molar-refractivity contribution in [2.45, 2.75) is 37.9 Å². The third kappa shape index (κ3) is 6.06. The van der Waals surface area contributed by atoms with Crippen LogP contribution in [0.25, 0.3) is 0 Å². The molecular weight excluding hydrogens is 518 g/mol. The molecular formula is C24H30F6N6O2. The number of aromatic nitrogens is 2. The second-order valence-corrected chi connectivity index (χ2v) is 10.1. The Balaban J connectivity index is 1.48. The zero-order valence-electron chi connectivity index (χ0n) is 20.8. The second kappa shape index (κ2) is 10.7. The molecule has 2 saturated heterocycles. The van der Waals surface area contributed by atoms with Crippen molar-refractivity contribution in [3.05, 3.63) is 35.9 Å². The Morgan fingerprint density at radius 3 is 2.68 bits per heavy atom. The highest BCUT2D eigenvalue weighted by Gasteiger charge is 2.45. The standard InChI is InChI=1S/C24H30F6N6O2/c1-22(5-2-15(3-6-22)24(28,29)30)17-12-38-9-8-36(17)21-19(25)20(33-14-34-21)32-10-16-4-7-35(11-18(31)37)13-23(16,26)27/h2-3,5,14,16-17H,4,6-13H2,1H3,(H2,31,37)(H,32,33,34)/t16-,17-,22?/m1/s1. The van der Waals surface area contributed by atoms with E-state index in [0.717, 1.165) is 18.5 Å². The Kier molecular flexibility index (Phi) is 7.94. The van der Waals surface area contributed by atoms with Crippen molar-refractivity contribution < 1.29 is 35.9 Å². The third-order valence-electron chi connectivity index (χ3n) is 7.39. The van der Waals surface area contributed by atoms with Crippen LogP contribution in [-0.4, -0.2) is 84.9 Å². The number of carbonyl (C=O) groups is 1. The highest BCUT2D eigenvalue weighted by molar-refractivity contribution is 5.75. The van der Waals surface area contributed by atoms with Crippen LogP contribution in [0.4, 0.5) is 38.0 Å². The maximum Gasteiger partial charge on any atom is 0.416 e. The van der Waals surface area contributed by atoms with Crippen LogP contribution in [0.1, 0.15) is 19.8 Å². The lowest BCUT2D eigenvalue weighted by Gasteiger charge is -2.46. The molecule has 1 amide bonds. The van der Waals surface area contributed by atoms with Crippen molar-refractivity contribution in [2.75, 3.05) is 56.2 Å². The molecule has 3 atom stereocenters. The predicted molar refractivity (Wildman–Crippen MR) is 127 cm³/mol. The number of alkyl halides is 5. The number of hydrogen-bond donors (Lipinski definition) is 2. The van der Waals surface area contributed by atoms with Crippen LogP contribution in [-0.2, 0) is 9.53 Å². The molecule has 3 aliphatic rings. The first-order valence-electron chi connectivity index (χ1n) is 12.2. The molecule has 38 heavy (non-hydrogen) atoms. The fraction of sp³-hybridized carbons (Fsp3) is 0.625. The number of amides is 1. The minimum Gasteiger partial charge on any atom is -0.377 e. The maximum atomic E-state index is 15.6. The van der Waals surface area contributed by atoms with Crippen LogP contribution in [0.5, 0.6) is 0 Å². The quantitative estimate of drug-likeness (QED) is 0.506. The molecule has 2 fully saturated rings. The van der Waals surface area contributed by atoms with Crippen molar-refractivity contribution in [1.82, 2.24) is 14.9 Å². The van der Waals surface area contributed by atoms with E-state index in [-0.39, 0.29) is 63.9 Å². The van der Waals surface area contributed by atoms with E-state index < -0.39 is 53.3 Å². The van der Waals surface area contributed by atoms with Gasteiger partial charge >= 0.3 is 6.18 Å². The summed E-state index contributed by atoms with van der Waals surface area (Å²) in [6.07, 6.45) is 0.379. The number of anilines is 2.